The maximum absolute atomic E-state index is 4.76. The molecule has 1 aliphatic rings. The van der Waals surface area contributed by atoms with Crippen LogP contribution in [0.5, 0.6) is 0 Å². The fourth-order valence-corrected chi connectivity index (χ4v) is 5.05. The number of hydrogen-bond acceptors (Lipinski definition) is 9. The molecule has 0 bridgehead atoms. The Kier molecular flexibility index (Phi) is 7.49. The van der Waals surface area contributed by atoms with Gasteiger partial charge in [-0.3, -0.25) is 9.36 Å². The lowest BCUT2D eigenvalue weighted by molar-refractivity contribution is 0.316. The molecule has 0 radical (unpaired) electrons. The highest BCUT2D eigenvalue weighted by Gasteiger charge is 2.14. The van der Waals surface area contributed by atoms with Crippen LogP contribution in [-0.4, -0.2) is 79.0 Å². The Morgan fingerprint density at radius 2 is 1.63 bits per heavy atom. The van der Waals surface area contributed by atoms with E-state index in [0.717, 1.165) is 46.6 Å². The molecule has 6 aromatic rings. The lowest BCUT2D eigenvalue weighted by atomic mass is 10.1. The molecule has 12 nitrogen and oxygen atoms in total. The molecule has 0 saturated carbocycles. The maximum Gasteiger partial charge on any atom is 0.221 e. The molecule has 5 aromatic heterocycles. The monoisotopic (exact) mass is 568 g/mol. The Balaban J connectivity index is 0.00000302. The molecule has 0 atom stereocenters. The van der Waals surface area contributed by atoms with Crippen molar-refractivity contribution in [2.75, 3.05) is 19.6 Å². The van der Waals surface area contributed by atoms with Crippen LogP contribution >= 0.6 is 12.4 Å². The summed E-state index contributed by atoms with van der Waals surface area (Å²) in [5, 5.41) is 17.2. The van der Waals surface area contributed by atoms with Crippen LogP contribution in [0.2, 0.25) is 0 Å². The van der Waals surface area contributed by atoms with E-state index in [1.807, 2.05) is 54.7 Å². The van der Waals surface area contributed by atoms with E-state index in [2.05, 4.69) is 52.6 Å². The van der Waals surface area contributed by atoms with E-state index in [1.54, 1.807) is 21.8 Å². The fourth-order valence-electron chi connectivity index (χ4n) is 5.05. The van der Waals surface area contributed by atoms with Crippen molar-refractivity contribution in [2.24, 2.45) is 7.05 Å². The molecule has 1 saturated heterocycles. The summed E-state index contributed by atoms with van der Waals surface area (Å²) in [6.07, 6.45) is 15.6. The van der Waals surface area contributed by atoms with Crippen molar-refractivity contribution < 1.29 is 0 Å². The summed E-state index contributed by atoms with van der Waals surface area (Å²) in [6, 6.07) is 8.12. The Hall–Kier alpha value is -4.55. The molecular weight excluding hydrogens is 540 g/mol. The summed E-state index contributed by atoms with van der Waals surface area (Å²) in [4.78, 5) is 21.0. The average Bonchev–Trinajstić information content (AvgIpc) is 3.81. The number of rotatable bonds is 8. The second kappa shape index (κ2) is 11.5. The molecule has 7 rings (SSSR count). The summed E-state index contributed by atoms with van der Waals surface area (Å²) >= 11 is 0. The molecule has 0 amide bonds. The first kappa shape index (κ1) is 26.7. The third kappa shape index (κ3) is 5.70. The quantitative estimate of drug-likeness (QED) is 0.271. The molecule has 41 heavy (non-hydrogen) atoms. The third-order valence-electron chi connectivity index (χ3n) is 7.21. The largest absolute Gasteiger partial charge is 0.301 e. The number of likely N-dealkylation sites (tertiary alicyclic amines) is 1. The fraction of sp³-hybridized carbons (Fsp3) is 0.286. The van der Waals surface area contributed by atoms with Crippen LogP contribution in [0.25, 0.3) is 45.1 Å². The first-order chi connectivity index (χ1) is 19.7. The van der Waals surface area contributed by atoms with Gasteiger partial charge in [0.2, 0.25) is 5.65 Å². The van der Waals surface area contributed by atoms with Gasteiger partial charge >= 0.3 is 0 Å². The van der Waals surface area contributed by atoms with Gasteiger partial charge in [-0.2, -0.15) is 10.2 Å². The zero-order chi connectivity index (χ0) is 26.9. The van der Waals surface area contributed by atoms with E-state index in [-0.39, 0.29) is 12.4 Å². The van der Waals surface area contributed by atoms with E-state index >= 15 is 0 Å². The van der Waals surface area contributed by atoms with Crippen molar-refractivity contribution >= 4 is 23.7 Å². The predicted octanol–water partition coefficient (Wildman–Crippen LogP) is 3.51. The summed E-state index contributed by atoms with van der Waals surface area (Å²) in [7, 11) is 1.87. The zero-order valence-corrected chi connectivity index (χ0v) is 23.4. The number of aromatic nitrogens is 11. The van der Waals surface area contributed by atoms with Gasteiger partial charge < -0.3 is 4.90 Å². The minimum absolute atomic E-state index is 0. The second-order valence-corrected chi connectivity index (χ2v) is 10.1. The average molecular weight is 569 g/mol. The van der Waals surface area contributed by atoms with Gasteiger partial charge in [0.25, 0.3) is 0 Å². The lowest BCUT2D eigenvalue weighted by Gasteiger charge is -2.13. The van der Waals surface area contributed by atoms with Crippen LogP contribution in [0.15, 0.2) is 67.6 Å². The first-order valence-corrected chi connectivity index (χ1v) is 13.4. The minimum atomic E-state index is 0. The smallest absolute Gasteiger partial charge is 0.221 e. The van der Waals surface area contributed by atoms with E-state index in [0.29, 0.717) is 23.7 Å². The van der Waals surface area contributed by atoms with Crippen molar-refractivity contribution in [3.63, 3.8) is 0 Å². The number of hydrogen-bond donors (Lipinski definition) is 0. The molecule has 208 valence electrons. The highest BCUT2D eigenvalue weighted by molar-refractivity contribution is 5.85. The van der Waals surface area contributed by atoms with E-state index in [1.165, 1.54) is 25.9 Å². The molecule has 13 heteroatoms. The van der Waals surface area contributed by atoms with Crippen molar-refractivity contribution in [1.82, 2.24) is 59.4 Å². The summed E-state index contributed by atoms with van der Waals surface area (Å²) in [6.45, 7) is 4.81. The molecule has 0 N–H and O–H groups in total. The predicted molar refractivity (Wildman–Crippen MR) is 156 cm³/mol. The van der Waals surface area contributed by atoms with Gasteiger partial charge in [-0.05, 0) is 37.6 Å². The van der Waals surface area contributed by atoms with Crippen molar-refractivity contribution in [1.29, 1.82) is 0 Å². The molecule has 1 fully saturated rings. The molecule has 0 aliphatic carbocycles. The van der Waals surface area contributed by atoms with Crippen LogP contribution in [0.4, 0.5) is 0 Å². The molecule has 0 spiro atoms. The Morgan fingerprint density at radius 1 is 0.805 bits per heavy atom. The Labute approximate surface area is 242 Å². The zero-order valence-electron chi connectivity index (χ0n) is 22.6. The Bertz CT molecular complexity index is 1760. The van der Waals surface area contributed by atoms with Gasteiger partial charge in [0, 0.05) is 60.6 Å². The van der Waals surface area contributed by atoms with Gasteiger partial charge in [0.15, 0.2) is 11.5 Å². The van der Waals surface area contributed by atoms with Gasteiger partial charge in [-0.15, -0.1) is 17.5 Å². The summed E-state index contributed by atoms with van der Waals surface area (Å²) in [5.41, 5.74) is 6.67. The van der Waals surface area contributed by atoms with Gasteiger partial charge in [0.1, 0.15) is 0 Å². The molecule has 1 aliphatic heterocycles. The van der Waals surface area contributed by atoms with Crippen LogP contribution in [0.3, 0.4) is 0 Å². The topological polar surface area (TPSA) is 121 Å². The van der Waals surface area contributed by atoms with Crippen molar-refractivity contribution in [2.45, 2.75) is 25.9 Å². The maximum atomic E-state index is 4.76. The second-order valence-electron chi connectivity index (χ2n) is 10.1. The number of halogens is 1. The van der Waals surface area contributed by atoms with E-state index in [9.17, 15) is 0 Å². The Morgan fingerprint density at radius 3 is 2.44 bits per heavy atom. The number of benzene rings is 1. The van der Waals surface area contributed by atoms with E-state index in [4.69, 9.17) is 4.98 Å². The third-order valence-corrected chi connectivity index (χ3v) is 7.21. The normalized spacial score (nSPS) is 13.6. The number of aryl methyl sites for hydroxylation is 1. The number of nitrogens with zero attached hydrogens (tertiary/aromatic N) is 12. The van der Waals surface area contributed by atoms with Gasteiger partial charge in [0.05, 0.1) is 37.4 Å². The van der Waals surface area contributed by atoms with Crippen LogP contribution < -0.4 is 0 Å². The van der Waals surface area contributed by atoms with Gasteiger partial charge in [-0.1, -0.05) is 23.4 Å². The minimum Gasteiger partial charge on any atom is -0.301 e. The molecule has 1 aromatic carbocycles. The number of fused-ring (bicyclic) bond motifs is 1. The van der Waals surface area contributed by atoms with Crippen molar-refractivity contribution in [3.8, 4) is 33.8 Å². The molecular formula is C28H29ClN12. The standard InChI is InChI=1S/C28H28N12.ClH/c1-37-18-24(15-32-37)25-16-31-27-28(34-25)40(36-35-27)17-20-5-4-6-21(11-20)26-29-12-22(13-30-26)23-14-33-39(19-23)10-9-38-7-2-3-8-38;/h4-6,11-16,18-19H,2-3,7-10,17H2,1H3;1H. The summed E-state index contributed by atoms with van der Waals surface area (Å²) < 4.78 is 5.50. The molecule has 0 unspecified atom stereocenters. The molecule has 6 heterocycles. The highest BCUT2D eigenvalue weighted by atomic mass is 35.5. The summed E-state index contributed by atoms with van der Waals surface area (Å²) in [5.74, 6) is 0.661. The first-order valence-electron chi connectivity index (χ1n) is 13.4. The van der Waals surface area contributed by atoms with Crippen LogP contribution in [-0.2, 0) is 20.1 Å². The van der Waals surface area contributed by atoms with Crippen LogP contribution in [0.1, 0.15) is 18.4 Å². The highest BCUT2D eigenvalue weighted by Crippen LogP contribution is 2.22. The van der Waals surface area contributed by atoms with Crippen molar-refractivity contribution in [3.05, 3.63) is 73.2 Å². The van der Waals surface area contributed by atoms with Crippen LogP contribution in [0, 0.1) is 0 Å². The van der Waals surface area contributed by atoms with E-state index < -0.39 is 0 Å². The lowest BCUT2D eigenvalue weighted by Crippen LogP contribution is -2.24. The van der Waals surface area contributed by atoms with Gasteiger partial charge in [-0.25, -0.2) is 24.6 Å². The SMILES string of the molecule is Cl.Cn1cc(-c2cnc3nnn(Cc4cccc(-c5ncc(-c6cnn(CCN7CCCC7)c6)cn5)c4)c3n2)cn1.